The molecule has 2 bridgehead atoms. The lowest BCUT2D eigenvalue weighted by Crippen LogP contribution is -2.42. The number of benzene rings is 2. The summed E-state index contributed by atoms with van der Waals surface area (Å²) in [6.07, 6.45) is 5.25. The minimum atomic E-state index is -0.350. The molecule has 0 saturated heterocycles. The summed E-state index contributed by atoms with van der Waals surface area (Å²) in [4.78, 5) is 30.7. The van der Waals surface area contributed by atoms with Gasteiger partial charge in [0.05, 0.1) is 17.1 Å². The van der Waals surface area contributed by atoms with Crippen LogP contribution in [0.5, 0.6) is 0 Å². The summed E-state index contributed by atoms with van der Waals surface area (Å²) in [7, 11) is 0. The summed E-state index contributed by atoms with van der Waals surface area (Å²) in [5.41, 5.74) is 3.44. The predicted octanol–water partition coefficient (Wildman–Crippen LogP) is 4.78. The molecule has 5 rings (SSSR count). The highest BCUT2D eigenvalue weighted by atomic mass is 16.2. The molecule has 3 aromatic rings. The maximum absolute atomic E-state index is 13.1. The zero-order chi connectivity index (χ0) is 23.8. The van der Waals surface area contributed by atoms with Crippen LogP contribution in [0.25, 0.3) is 11.0 Å². The number of carbonyl (C=O) groups excluding carboxylic acids is 2. The fourth-order valence-electron chi connectivity index (χ4n) is 6.10. The van der Waals surface area contributed by atoms with Crippen LogP contribution in [0.1, 0.15) is 67.3 Å². The maximum Gasteiger partial charge on any atom is 0.251 e. The number of aryl methyl sites for hydroxylation is 1. The third kappa shape index (κ3) is 4.46. The van der Waals surface area contributed by atoms with E-state index in [2.05, 4.69) is 17.6 Å². The third-order valence-corrected chi connectivity index (χ3v) is 7.86. The first-order valence-corrected chi connectivity index (χ1v) is 12.5. The molecule has 1 aromatic heterocycles. The van der Waals surface area contributed by atoms with Crippen LogP contribution in [0.15, 0.2) is 48.5 Å². The van der Waals surface area contributed by atoms with Crippen LogP contribution in [0.4, 0.5) is 0 Å². The van der Waals surface area contributed by atoms with Gasteiger partial charge in [-0.1, -0.05) is 36.2 Å². The number of fused-ring (bicyclic) bond motifs is 3. The van der Waals surface area contributed by atoms with Crippen molar-refractivity contribution in [1.29, 1.82) is 0 Å². The molecule has 0 aliphatic heterocycles. The molecule has 6 nitrogen and oxygen atoms in total. The number of nitrogens with one attached hydrogen (secondary N) is 2. The predicted molar refractivity (Wildman–Crippen MR) is 133 cm³/mol. The van der Waals surface area contributed by atoms with E-state index in [0.717, 1.165) is 28.4 Å². The Bertz CT molecular complexity index is 1200. The lowest BCUT2D eigenvalue weighted by atomic mass is 9.84. The van der Waals surface area contributed by atoms with Crippen LogP contribution in [-0.2, 0) is 11.3 Å². The van der Waals surface area contributed by atoms with Gasteiger partial charge in [0.25, 0.3) is 5.91 Å². The SMILES string of the molecule is Cc1ccc(C(=O)N[C@H](C)c2nc3ccccc3n2CC(=O)N[C@H](C)[C@@H]2C[C@H]3CC[C@H]2C3)cc1. The Balaban J connectivity index is 1.32. The molecule has 2 amide bonds. The van der Waals surface area contributed by atoms with Gasteiger partial charge in [0, 0.05) is 11.6 Å². The average molecular weight is 459 g/mol. The van der Waals surface area contributed by atoms with Crippen molar-refractivity contribution in [2.75, 3.05) is 0 Å². The molecule has 0 unspecified atom stereocenters. The van der Waals surface area contributed by atoms with Crippen molar-refractivity contribution in [2.45, 2.75) is 65.1 Å². The summed E-state index contributed by atoms with van der Waals surface area (Å²) >= 11 is 0. The summed E-state index contributed by atoms with van der Waals surface area (Å²) in [5.74, 6) is 2.74. The molecule has 5 atom stereocenters. The van der Waals surface area contributed by atoms with Gasteiger partial charge < -0.3 is 15.2 Å². The van der Waals surface area contributed by atoms with Crippen molar-refractivity contribution < 1.29 is 9.59 Å². The highest BCUT2D eigenvalue weighted by molar-refractivity contribution is 5.94. The quantitative estimate of drug-likeness (QED) is 0.535. The second-order valence-corrected chi connectivity index (χ2v) is 10.3. The zero-order valence-corrected chi connectivity index (χ0v) is 20.3. The highest BCUT2D eigenvalue weighted by Crippen LogP contribution is 2.49. The Morgan fingerprint density at radius 2 is 1.79 bits per heavy atom. The van der Waals surface area contributed by atoms with Crippen molar-refractivity contribution in [1.82, 2.24) is 20.2 Å². The number of aromatic nitrogens is 2. The monoisotopic (exact) mass is 458 g/mol. The minimum absolute atomic E-state index is 0.00302. The van der Waals surface area contributed by atoms with Gasteiger partial charge in [0.1, 0.15) is 12.4 Å². The van der Waals surface area contributed by atoms with Crippen LogP contribution in [0.3, 0.4) is 0 Å². The Labute approximate surface area is 201 Å². The van der Waals surface area contributed by atoms with Crippen molar-refractivity contribution >= 4 is 22.8 Å². The first-order chi connectivity index (χ1) is 16.4. The fraction of sp³-hybridized carbons (Fsp3) is 0.464. The molecule has 0 spiro atoms. The van der Waals surface area contributed by atoms with Gasteiger partial charge >= 0.3 is 0 Å². The molecular formula is C28H34N4O2. The Hall–Kier alpha value is -3.15. The Morgan fingerprint density at radius 1 is 1.03 bits per heavy atom. The van der Waals surface area contributed by atoms with E-state index in [1.54, 1.807) is 0 Å². The number of hydrogen-bond acceptors (Lipinski definition) is 3. The van der Waals surface area contributed by atoms with E-state index in [1.165, 1.54) is 25.7 Å². The highest BCUT2D eigenvalue weighted by Gasteiger charge is 2.42. The van der Waals surface area contributed by atoms with Gasteiger partial charge in [-0.3, -0.25) is 9.59 Å². The van der Waals surface area contributed by atoms with Crippen LogP contribution in [-0.4, -0.2) is 27.4 Å². The van der Waals surface area contributed by atoms with Crippen LogP contribution in [0.2, 0.25) is 0 Å². The molecule has 2 aromatic carbocycles. The molecule has 34 heavy (non-hydrogen) atoms. The molecule has 6 heteroatoms. The van der Waals surface area contributed by atoms with Crippen molar-refractivity contribution in [2.24, 2.45) is 17.8 Å². The van der Waals surface area contributed by atoms with E-state index in [4.69, 9.17) is 4.98 Å². The fourth-order valence-corrected chi connectivity index (χ4v) is 6.10. The van der Waals surface area contributed by atoms with E-state index in [-0.39, 0.29) is 30.4 Å². The van der Waals surface area contributed by atoms with Gasteiger partial charge in [-0.2, -0.15) is 0 Å². The summed E-state index contributed by atoms with van der Waals surface area (Å²) in [6.45, 7) is 6.25. The standard InChI is InChI=1S/C28H34N4O2/c1-17-8-11-21(12-9-17)28(34)30-19(3)27-31-24-6-4-5-7-25(24)32(27)16-26(33)29-18(2)23-15-20-10-13-22(23)14-20/h4-9,11-12,18-20,22-23H,10,13-16H2,1-3H3,(H,29,33)(H,30,34)/t18-,19-,20+,22+,23+/m1/s1. The summed E-state index contributed by atoms with van der Waals surface area (Å²) in [5, 5.41) is 6.33. The van der Waals surface area contributed by atoms with E-state index >= 15 is 0 Å². The molecule has 2 fully saturated rings. The molecule has 2 aliphatic carbocycles. The van der Waals surface area contributed by atoms with Gasteiger partial charge in [0.15, 0.2) is 0 Å². The first-order valence-electron chi connectivity index (χ1n) is 12.5. The largest absolute Gasteiger partial charge is 0.352 e. The van der Waals surface area contributed by atoms with Crippen LogP contribution in [0, 0.1) is 24.7 Å². The molecule has 178 valence electrons. The zero-order valence-electron chi connectivity index (χ0n) is 20.3. The maximum atomic E-state index is 13.1. The lowest BCUT2D eigenvalue weighted by Gasteiger charge is -2.28. The Morgan fingerprint density at radius 3 is 2.50 bits per heavy atom. The number of hydrogen-bond donors (Lipinski definition) is 2. The van der Waals surface area contributed by atoms with Gasteiger partial charge in [-0.25, -0.2) is 4.98 Å². The molecule has 2 aliphatic rings. The second kappa shape index (κ2) is 9.24. The lowest BCUT2D eigenvalue weighted by molar-refractivity contribution is -0.122. The third-order valence-electron chi connectivity index (χ3n) is 7.86. The van der Waals surface area contributed by atoms with E-state index in [1.807, 2.05) is 66.9 Å². The van der Waals surface area contributed by atoms with Gasteiger partial charge in [-0.05, 0) is 82.1 Å². The molecule has 0 radical (unpaired) electrons. The van der Waals surface area contributed by atoms with Gasteiger partial charge in [-0.15, -0.1) is 0 Å². The van der Waals surface area contributed by atoms with E-state index in [9.17, 15) is 9.59 Å². The van der Waals surface area contributed by atoms with Crippen LogP contribution >= 0.6 is 0 Å². The van der Waals surface area contributed by atoms with Crippen molar-refractivity contribution in [3.63, 3.8) is 0 Å². The van der Waals surface area contributed by atoms with Crippen LogP contribution < -0.4 is 10.6 Å². The molecule has 1 heterocycles. The number of nitrogens with zero attached hydrogens (tertiary/aromatic N) is 2. The Kier molecular flexibility index (Phi) is 6.15. The topological polar surface area (TPSA) is 76.0 Å². The second-order valence-electron chi connectivity index (χ2n) is 10.3. The molecular weight excluding hydrogens is 424 g/mol. The van der Waals surface area contributed by atoms with Crippen molar-refractivity contribution in [3.8, 4) is 0 Å². The smallest absolute Gasteiger partial charge is 0.251 e. The number of carbonyl (C=O) groups is 2. The van der Waals surface area contributed by atoms with Crippen molar-refractivity contribution in [3.05, 3.63) is 65.5 Å². The number of amides is 2. The number of rotatable bonds is 7. The van der Waals surface area contributed by atoms with Gasteiger partial charge in [0.2, 0.25) is 5.91 Å². The minimum Gasteiger partial charge on any atom is -0.352 e. The normalized spacial score (nSPS) is 23.1. The summed E-state index contributed by atoms with van der Waals surface area (Å²) in [6, 6.07) is 15.2. The number of imidazole rings is 1. The van der Waals surface area contributed by atoms with E-state index in [0.29, 0.717) is 17.3 Å². The average Bonchev–Trinajstić information content (AvgIpc) is 3.54. The van der Waals surface area contributed by atoms with E-state index < -0.39 is 0 Å². The molecule has 2 N–H and O–H groups in total. The molecule has 2 saturated carbocycles. The number of para-hydroxylation sites is 2. The summed E-state index contributed by atoms with van der Waals surface area (Å²) < 4.78 is 1.94. The first kappa shape index (κ1) is 22.6.